The summed E-state index contributed by atoms with van der Waals surface area (Å²) in [7, 11) is 0. The highest BCUT2D eigenvalue weighted by Gasteiger charge is 2.04. The molecule has 0 radical (unpaired) electrons. The van der Waals surface area contributed by atoms with Gasteiger partial charge in [-0.05, 0) is 24.4 Å². The van der Waals surface area contributed by atoms with Crippen molar-refractivity contribution in [3.63, 3.8) is 0 Å². The van der Waals surface area contributed by atoms with Crippen molar-refractivity contribution in [2.45, 2.75) is 26.4 Å². The van der Waals surface area contributed by atoms with Gasteiger partial charge in [-0.15, -0.1) is 12.4 Å². The van der Waals surface area contributed by atoms with E-state index >= 15 is 0 Å². The van der Waals surface area contributed by atoms with Gasteiger partial charge in [0.1, 0.15) is 0 Å². The molecule has 0 fully saturated rings. The molecule has 0 aliphatic carbocycles. The second-order valence-electron chi connectivity index (χ2n) is 4.40. The van der Waals surface area contributed by atoms with E-state index in [1.54, 1.807) is 0 Å². The van der Waals surface area contributed by atoms with Crippen LogP contribution in [0.25, 0.3) is 0 Å². The van der Waals surface area contributed by atoms with Crippen LogP contribution in [0.3, 0.4) is 0 Å². The fourth-order valence-electron chi connectivity index (χ4n) is 1.50. The molecule has 0 saturated carbocycles. The minimum absolute atomic E-state index is 0. The zero-order chi connectivity index (χ0) is 11.1. The third-order valence-corrected chi connectivity index (χ3v) is 2.25. The largest absolute Gasteiger partial charge is 0.391 e. The van der Waals surface area contributed by atoms with Gasteiger partial charge in [0.15, 0.2) is 0 Å². The molecule has 0 spiro atoms. The molecular weight excluding hydrogens is 222 g/mol. The molecular formula is C13H22ClNO. The van der Waals surface area contributed by atoms with Crippen molar-refractivity contribution in [1.29, 1.82) is 0 Å². The van der Waals surface area contributed by atoms with Crippen molar-refractivity contribution in [3.8, 4) is 0 Å². The molecule has 2 N–H and O–H groups in total. The average molecular weight is 244 g/mol. The van der Waals surface area contributed by atoms with Crippen LogP contribution in [0, 0.1) is 5.92 Å². The van der Waals surface area contributed by atoms with Gasteiger partial charge in [-0.2, -0.15) is 0 Å². The number of aliphatic hydroxyl groups is 1. The highest BCUT2D eigenvalue weighted by atomic mass is 35.5. The molecule has 0 aliphatic heterocycles. The first-order chi connectivity index (χ1) is 7.18. The zero-order valence-corrected chi connectivity index (χ0v) is 10.8. The maximum Gasteiger partial charge on any atom is 0.0704 e. The van der Waals surface area contributed by atoms with Crippen molar-refractivity contribution in [2.24, 2.45) is 5.92 Å². The maximum atomic E-state index is 9.75. The van der Waals surface area contributed by atoms with Gasteiger partial charge in [0.2, 0.25) is 0 Å². The van der Waals surface area contributed by atoms with Crippen LogP contribution in [-0.4, -0.2) is 24.3 Å². The molecule has 3 heteroatoms. The van der Waals surface area contributed by atoms with Gasteiger partial charge in [-0.1, -0.05) is 44.2 Å². The minimum atomic E-state index is -0.286. The van der Waals surface area contributed by atoms with E-state index in [9.17, 15) is 5.11 Å². The minimum Gasteiger partial charge on any atom is -0.391 e. The number of aliphatic hydroxyl groups excluding tert-OH is 1. The summed E-state index contributed by atoms with van der Waals surface area (Å²) in [5.74, 6) is 0.633. The summed E-state index contributed by atoms with van der Waals surface area (Å²) >= 11 is 0. The number of hydrogen-bond acceptors (Lipinski definition) is 2. The Kier molecular flexibility index (Phi) is 8.26. The molecule has 0 aromatic heterocycles. The Bertz CT molecular complexity index is 264. The maximum absolute atomic E-state index is 9.75. The second-order valence-corrected chi connectivity index (χ2v) is 4.40. The summed E-state index contributed by atoms with van der Waals surface area (Å²) in [6.45, 7) is 5.96. The van der Waals surface area contributed by atoms with E-state index < -0.39 is 0 Å². The SMILES string of the molecule is CC(C)CNCC(O)Cc1ccccc1.Cl. The van der Waals surface area contributed by atoms with Gasteiger partial charge < -0.3 is 10.4 Å². The molecule has 1 unspecified atom stereocenters. The number of nitrogens with one attached hydrogen (secondary N) is 1. The molecule has 0 bridgehead atoms. The monoisotopic (exact) mass is 243 g/mol. The lowest BCUT2D eigenvalue weighted by atomic mass is 10.1. The topological polar surface area (TPSA) is 32.3 Å². The third kappa shape index (κ3) is 6.83. The highest BCUT2D eigenvalue weighted by molar-refractivity contribution is 5.85. The Morgan fingerprint density at radius 1 is 1.12 bits per heavy atom. The quantitative estimate of drug-likeness (QED) is 0.804. The van der Waals surface area contributed by atoms with Crippen molar-refractivity contribution < 1.29 is 5.11 Å². The van der Waals surface area contributed by atoms with Crippen LogP contribution in [0.4, 0.5) is 0 Å². The molecule has 1 aromatic carbocycles. The summed E-state index contributed by atoms with van der Waals surface area (Å²) < 4.78 is 0. The van der Waals surface area contributed by atoms with Crippen LogP contribution in [-0.2, 0) is 6.42 Å². The molecule has 1 aromatic rings. The number of rotatable bonds is 6. The van der Waals surface area contributed by atoms with E-state index in [0.717, 1.165) is 13.0 Å². The lowest BCUT2D eigenvalue weighted by molar-refractivity contribution is 0.170. The van der Waals surface area contributed by atoms with Gasteiger partial charge in [0.25, 0.3) is 0 Å². The fraction of sp³-hybridized carbons (Fsp3) is 0.538. The van der Waals surface area contributed by atoms with Crippen molar-refractivity contribution in [1.82, 2.24) is 5.32 Å². The second kappa shape index (κ2) is 8.57. The van der Waals surface area contributed by atoms with Crippen LogP contribution < -0.4 is 5.32 Å². The molecule has 92 valence electrons. The van der Waals surface area contributed by atoms with Crippen molar-refractivity contribution >= 4 is 12.4 Å². The van der Waals surface area contributed by atoms with Gasteiger partial charge in [-0.25, -0.2) is 0 Å². The van der Waals surface area contributed by atoms with Crippen LogP contribution in [0.15, 0.2) is 30.3 Å². The van der Waals surface area contributed by atoms with E-state index in [4.69, 9.17) is 0 Å². The van der Waals surface area contributed by atoms with Gasteiger partial charge >= 0.3 is 0 Å². The molecule has 0 heterocycles. The molecule has 1 atom stereocenters. The van der Waals surface area contributed by atoms with Crippen LogP contribution in [0.2, 0.25) is 0 Å². The predicted molar refractivity (Wildman–Crippen MR) is 71.1 cm³/mol. The normalized spacial score (nSPS) is 12.2. The summed E-state index contributed by atoms with van der Waals surface area (Å²) in [6, 6.07) is 10.1. The smallest absolute Gasteiger partial charge is 0.0704 e. The van der Waals surface area contributed by atoms with E-state index in [0.29, 0.717) is 12.5 Å². The Hall–Kier alpha value is -0.570. The first-order valence-electron chi connectivity index (χ1n) is 5.61. The van der Waals surface area contributed by atoms with Gasteiger partial charge in [0, 0.05) is 6.54 Å². The highest BCUT2D eigenvalue weighted by Crippen LogP contribution is 2.02. The lowest BCUT2D eigenvalue weighted by Gasteiger charge is -2.13. The zero-order valence-electron chi connectivity index (χ0n) is 10.0. The Balaban J connectivity index is 0.00000225. The molecule has 2 nitrogen and oxygen atoms in total. The summed E-state index contributed by atoms with van der Waals surface area (Å²) in [4.78, 5) is 0. The van der Waals surface area contributed by atoms with Gasteiger partial charge in [-0.3, -0.25) is 0 Å². The van der Waals surface area contributed by atoms with E-state index in [-0.39, 0.29) is 18.5 Å². The first-order valence-corrected chi connectivity index (χ1v) is 5.61. The standard InChI is InChI=1S/C13H21NO.ClH/c1-11(2)9-14-10-13(15)8-12-6-4-3-5-7-12;/h3-7,11,13-15H,8-10H2,1-2H3;1H. The molecule has 16 heavy (non-hydrogen) atoms. The van der Waals surface area contributed by atoms with Crippen molar-refractivity contribution in [3.05, 3.63) is 35.9 Å². The fourth-order valence-corrected chi connectivity index (χ4v) is 1.50. The average Bonchev–Trinajstić information content (AvgIpc) is 2.18. The molecule has 1 rings (SSSR count). The predicted octanol–water partition coefficient (Wildman–Crippen LogP) is 2.26. The summed E-state index contributed by atoms with van der Waals surface area (Å²) in [5.41, 5.74) is 1.19. The van der Waals surface area contributed by atoms with Crippen LogP contribution in [0.5, 0.6) is 0 Å². The Morgan fingerprint density at radius 2 is 1.75 bits per heavy atom. The summed E-state index contributed by atoms with van der Waals surface area (Å²) in [6.07, 6.45) is 0.442. The van der Waals surface area contributed by atoms with E-state index in [2.05, 4.69) is 19.2 Å². The number of halogens is 1. The molecule has 0 saturated heterocycles. The van der Waals surface area contributed by atoms with Crippen LogP contribution >= 0.6 is 12.4 Å². The third-order valence-electron chi connectivity index (χ3n) is 2.25. The Morgan fingerprint density at radius 3 is 2.31 bits per heavy atom. The Labute approximate surface area is 104 Å². The van der Waals surface area contributed by atoms with E-state index in [1.165, 1.54) is 5.56 Å². The van der Waals surface area contributed by atoms with Crippen LogP contribution in [0.1, 0.15) is 19.4 Å². The number of benzene rings is 1. The first kappa shape index (κ1) is 15.4. The molecule has 0 aliphatic rings. The van der Waals surface area contributed by atoms with Gasteiger partial charge in [0.05, 0.1) is 6.10 Å². The lowest BCUT2D eigenvalue weighted by Crippen LogP contribution is -2.30. The van der Waals surface area contributed by atoms with E-state index in [1.807, 2.05) is 30.3 Å². The molecule has 0 amide bonds. The summed E-state index contributed by atoms with van der Waals surface area (Å²) in [5, 5.41) is 13.0. The number of hydrogen-bond donors (Lipinski definition) is 2. The van der Waals surface area contributed by atoms with Crippen molar-refractivity contribution in [2.75, 3.05) is 13.1 Å².